The molecule has 1 aromatic heterocycles. The average Bonchev–Trinajstić information content (AvgIpc) is 3.31. The largest absolute Gasteiger partial charge is 0.331 e. The van der Waals surface area contributed by atoms with Gasteiger partial charge >= 0.3 is 0 Å². The molecule has 0 bridgehead atoms. The van der Waals surface area contributed by atoms with Crippen molar-refractivity contribution in [2.45, 2.75) is 37.0 Å². The lowest BCUT2D eigenvalue weighted by Gasteiger charge is -2.14. The maximum Gasteiger partial charge on any atom is 0.112 e. The molecule has 2 aliphatic rings. The van der Waals surface area contributed by atoms with E-state index in [2.05, 4.69) is 35.1 Å². The van der Waals surface area contributed by atoms with Crippen molar-refractivity contribution in [2.24, 2.45) is 7.05 Å². The lowest BCUT2D eigenvalue weighted by atomic mass is 9.95. The lowest BCUT2D eigenvalue weighted by Crippen LogP contribution is -2.23. The van der Waals surface area contributed by atoms with Crippen LogP contribution >= 0.6 is 0 Å². The van der Waals surface area contributed by atoms with Crippen LogP contribution < -0.4 is 5.32 Å². The smallest absolute Gasteiger partial charge is 0.112 e. The van der Waals surface area contributed by atoms with E-state index >= 15 is 0 Å². The van der Waals surface area contributed by atoms with Gasteiger partial charge in [0, 0.05) is 24.9 Å². The Kier molecular flexibility index (Phi) is 2.31. The van der Waals surface area contributed by atoms with E-state index in [9.17, 15) is 0 Å². The molecule has 0 saturated heterocycles. The zero-order valence-corrected chi connectivity index (χ0v) is 11.7. The molecule has 1 heterocycles. The van der Waals surface area contributed by atoms with Gasteiger partial charge in [0.2, 0.25) is 0 Å². The highest BCUT2D eigenvalue weighted by molar-refractivity contribution is 5.77. The summed E-state index contributed by atoms with van der Waals surface area (Å²) in [6.45, 7) is 1.08. The summed E-state index contributed by atoms with van der Waals surface area (Å²) in [6, 6.07) is 6.90. The summed E-state index contributed by atoms with van der Waals surface area (Å²) in [6.07, 6.45) is 5.24. The zero-order chi connectivity index (χ0) is 13.0. The molecule has 1 N–H and O–H groups in total. The predicted molar refractivity (Wildman–Crippen MR) is 77.5 cm³/mol. The number of nitrogens with one attached hydrogen (secondary N) is 1. The van der Waals surface area contributed by atoms with Crippen molar-refractivity contribution >= 4 is 11.0 Å². The van der Waals surface area contributed by atoms with Gasteiger partial charge in [0.1, 0.15) is 5.82 Å². The molecule has 0 amide bonds. The van der Waals surface area contributed by atoms with Crippen LogP contribution in [0.3, 0.4) is 0 Å². The van der Waals surface area contributed by atoms with E-state index in [4.69, 9.17) is 4.98 Å². The summed E-state index contributed by atoms with van der Waals surface area (Å²) >= 11 is 0. The molecule has 0 radical (unpaired) electrons. The maximum absolute atomic E-state index is 4.88. The molecule has 1 aromatic carbocycles. The van der Waals surface area contributed by atoms with E-state index in [1.165, 1.54) is 48.1 Å². The standard InChI is InChI=1S/C16H21N3/c1-17-10-16(7-8-16)12-5-6-14-13(9-12)18-15(19(14)2)11-3-4-11/h5-6,9,11,17H,3-4,7-8,10H2,1-2H3. The molecule has 0 aliphatic heterocycles. The van der Waals surface area contributed by atoms with Crippen molar-refractivity contribution in [1.29, 1.82) is 0 Å². The highest BCUT2D eigenvalue weighted by Crippen LogP contribution is 2.48. The van der Waals surface area contributed by atoms with Crippen LogP contribution in [0.4, 0.5) is 0 Å². The molecule has 0 unspecified atom stereocenters. The summed E-state index contributed by atoms with van der Waals surface area (Å²) in [5, 5.41) is 3.34. The fourth-order valence-electron chi connectivity index (χ4n) is 3.31. The van der Waals surface area contributed by atoms with Crippen LogP contribution in [0.25, 0.3) is 11.0 Å². The average molecular weight is 255 g/mol. The number of benzene rings is 1. The molecule has 0 spiro atoms. The van der Waals surface area contributed by atoms with Gasteiger partial charge in [-0.05, 0) is 50.4 Å². The summed E-state index contributed by atoms with van der Waals surface area (Å²) in [4.78, 5) is 4.88. The Balaban J connectivity index is 1.79. The van der Waals surface area contributed by atoms with Gasteiger partial charge in [-0.2, -0.15) is 0 Å². The van der Waals surface area contributed by atoms with Gasteiger partial charge < -0.3 is 9.88 Å². The minimum atomic E-state index is 0.389. The number of aryl methyl sites for hydroxylation is 1. The number of imidazole rings is 1. The quantitative estimate of drug-likeness (QED) is 0.910. The number of hydrogen-bond acceptors (Lipinski definition) is 2. The Morgan fingerprint density at radius 1 is 1.37 bits per heavy atom. The number of aromatic nitrogens is 2. The molecule has 2 aromatic rings. The first-order valence-electron chi connectivity index (χ1n) is 7.35. The topological polar surface area (TPSA) is 29.9 Å². The molecule has 2 fully saturated rings. The minimum Gasteiger partial charge on any atom is -0.331 e. The Morgan fingerprint density at radius 2 is 2.16 bits per heavy atom. The number of likely N-dealkylation sites (N-methyl/N-ethyl adjacent to an activating group) is 1. The number of fused-ring (bicyclic) bond motifs is 1. The first-order valence-corrected chi connectivity index (χ1v) is 7.35. The molecule has 3 heteroatoms. The van der Waals surface area contributed by atoms with Crippen LogP contribution in [0.5, 0.6) is 0 Å². The number of rotatable bonds is 4. The van der Waals surface area contributed by atoms with Crippen LogP contribution in [0.2, 0.25) is 0 Å². The molecule has 2 saturated carbocycles. The van der Waals surface area contributed by atoms with E-state index in [0.717, 1.165) is 6.54 Å². The van der Waals surface area contributed by atoms with Crippen molar-refractivity contribution < 1.29 is 0 Å². The van der Waals surface area contributed by atoms with E-state index in [1.54, 1.807) is 0 Å². The second-order valence-corrected chi connectivity index (χ2v) is 6.32. The molecular formula is C16H21N3. The second kappa shape index (κ2) is 3.83. The monoisotopic (exact) mass is 255 g/mol. The molecule has 4 rings (SSSR count). The fourth-order valence-corrected chi connectivity index (χ4v) is 3.31. The van der Waals surface area contributed by atoms with Gasteiger partial charge in [-0.3, -0.25) is 0 Å². The molecule has 19 heavy (non-hydrogen) atoms. The van der Waals surface area contributed by atoms with Crippen LogP contribution in [0.1, 0.15) is 43.0 Å². The van der Waals surface area contributed by atoms with Crippen molar-refractivity contribution in [3.63, 3.8) is 0 Å². The Hall–Kier alpha value is -1.35. The minimum absolute atomic E-state index is 0.389. The summed E-state index contributed by atoms with van der Waals surface area (Å²) < 4.78 is 2.29. The predicted octanol–water partition coefficient (Wildman–Crippen LogP) is 2.70. The number of nitrogens with zero attached hydrogens (tertiary/aromatic N) is 2. The maximum atomic E-state index is 4.88. The van der Waals surface area contributed by atoms with Gasteiger partial charge in [0.25, 0.3) is 0 Å². The van der Waals surface area contributed by atoms with E-state index in [1.807, 2.05) is 7.05 Å². The second-order valence-electron chi connectivity index (χ2n) is 6.32. The zero-order valence-electron chi connectivity index (χ0n) is 11.7. The lowest BCUT2D eigenvalue weighted by molar-refractivity contribution is 0.625. The first-order chi connectivity index (χ1) is 9.23. The van der Waals surface area contributed by atoms with Gasteiger partial charge in [-0.25, -0.2) is 4.98 Å². The molecule has 0 atom stereocenters. The molecule has 2 aliphatic carbocycles. The van der Waals surface area contributed by atoms with Crippen LogP contribution in [-0.4, -0.2) is 23.1 Å². The molecular weight excluding hydrogens is 234 g/mol. The van der Waals surface area contributed by atoms with Crippen molar-refractivity contribution in [3.05, 3.63) is 29.6 Å². The fraction of sp³-hybridized carbons (Fsp3) is 0.562. The van der Waals surface area contributed by atoms with E-state index in [-0.39, 0.29) is 0 Å². The normalized spacial score (nSPS) is 20.9. The summed E-state index contributed by atoms with van der Waals surface area (Å²) in [5.41, 5.74) is 4.32. The third-order valence-electron chi connectivity index (χ3n) is 4.84. The first kappa shape index (κ1) is 11.5. The Labute approximate surface area is 114 Å². The third-order valence-corrected chi connectivity index (χ3v) is 4.84. The molecule has 100 valence electrons. The van der Waals surface area contributed by atoms with Gasteiger partial charge in [-0.15, -0.1) is 0 Å². The highest BCUT2D eigenvalue weighted by Gasteiger charge is 2.43. The van der Waals surface area contributed by atoms with Crippen molar-refractivity contribution in [1.82, 2.24) is 14.9 Å². The van der Waals surface area contributed by atoms with E-state index < -0.39 is 0 Å². The van der Waals surface area contributed by atoms with Crippen LogP contribution in [0.15, 0.2) is 18.2 Å². The summed E-state index contributed by atoms with van der Waals surface area (Å²) in [5.74, 6) is 2.00. The third kappa shape index (κ3) is 1.71. The van der Waals surface area contributed by atoms with Gasteiger partial charge in [-0.1, -0.05) is 6.07 Å². The summed E-state index contributed by atoms with van der Waals surface area (Å²) in [7, 11) is 4.20. The SMILES string of the molecule is CNCC1(c2ccc3c(c2)nc(C2CC2)n3C)CC1. The molecule has 3 nitrogen and oxygen atoms in total. The van der Waals surface area contributed by atoms with E-state index in [0.29, 0.717) is 11.3 Å². The van der Waals surface area contributed by atoms with Crippen LogP contribution in [0, 0.1) is 0 Å². The van der Waals surface area contributed by atoms with Gasteiger partial charge in [0.15, 0.2) is 0 Å². The number of hydrogen-bond donors (Lipinski definition) is 1. The Bertz CT molecular complexity index is 633. The van der Waals surface area contributed by atoms with Crippen molar-refractivity contribution in [2.75, 3.05) is 13.6 Å². The highest BCUT2D eigenvalue weighted by atomic mass is 15.1. The van der Waals surface area contributed by atoms with Gasteiger partial charge in [0.05, 0.1) is 11.0 Å². The Morgan fingerprint density at radius 3 is 2.79 bits per heavy atom. The van der Waals surface area contributed by atoms with Crippen LogP contribution in [-0.2, 0) is 12.5 Å². The van der Waals surface area contributed by atoms with Crippen molar-refractivity contribution in [3.8, 4) is 0 Å².